The number of carbonyl (C=O) groups is 2. The second-order valence-corrected chi connectivity index (χ2v) is 11.6. The first-order valence-corrected chi connectivity index (χ1v) is 15.8. The van der Waals surface area contributed by atoms with E-state index in [1.807, 2.05) is 12.1 Å². The van der Waals surface area contributed by atoms with Crippen LogP contribution in [0.1, 0.15) is 146 Å². The molecule has 6 rings (SSSR count). The standard InChI is InChI=1S/C34H48N2O4/c1-39-33(37)27-23-25-19-15-11-7-3-5-9-13-17-21-29(27)35-31(25)32-26-20-16-12-8-4-6-10-14-18-22-30(36-32)28(24-26)34(38)40-2/h23-24H,3-22H2,1-2H3. The monoisotopic (exact) mass is 548 g/mol. The van der Waals surface area contributed by atoms with Crippen LogP contribution >= 0.6 is 0 Å². The molecule has 2 aliphatic heterocycles. The number of esters is 2. The first-order valence-electron chi connectivity index (χ1n) is 15.8. The Morgan fingerprint density at radius 1 is 0.500 bits per heavy atom. The summed E-state index contributed by atoms with van der Waals surface area (Å²) in [6.07, 6.45) is 22.0. The van der Waals surface area contributed by atoms with Crippen molar-refractivity contribution in [1.82, 2.24) is 9.97 Å². The maximum Gasteiger partial charge on any atom is 0.339 e. The van der Waals surface area contributed by atoms with E-state index in [0.717, 1.165) is 98.1 Å². The summed E-state index contributed by atoms with van der Waals surface area (Å²) in [5, 5.41) is 0. The van der Waals surface area contributed by atoms with Crippen LogP contribution in [-0.4, -0.2) is 36.1 Å². The molecule has 0 radical (unpaired) electrons. The SMILES string of the molecule is COC(=O)c1cc2c(-c3nc4c(C(=O)OC)cc3CCCCCCCCCC4)nc1CCCCCCCCCC2. The third-order valence-corrected chi connectivity index (χ3v) is 8.62. The number of aromatic nitrogens is 2. The number of ether oxygens (including phenoxy) is 2. The molecule has 6 heteroatoms. The zero-order chi connectivity index (χ0) is 28.2. The fourth-order valence-corrected chi connectivity index (χ4v) is 6.27. The second-order valence-electron chi connectivity index (χ2n) is 11.6. The van der Waals surface area contributed by atoms with E-state index in [1.54, 1.807) is 0 Å². The minimum absolute atomic E-state index is 0.313. The number of hydrogen-bond acceptors (Lipinski definition) is 6. The molecule has 0 aromatic carbocycles. The van der Waals surface area contributed by atoms with Gasteiger partial charge in [-0.1, -0.05) is 77.0 Å². The Morgan fingerprint density at radius 2 is 0.800 bits per heavy atom. The number of nitrogens with zero attached hydrogens (tertiary/aromatic N) is 2. The molecule has 0 N–H and O–H groups in total. The highest BCUT2D eigenvalue weighted by Gasteiger charge is 2.24. The van der Waals surface area contributed by atoms with Gasteiger partial charge in [-0.15, -0.1) is 0 Å². The van der Waals surface area contributed by atoms with E-state index in [0.29, 0.717) is 11.1 Å². The molecule has 4 bridgehead atoms. The van der Waals surface area contributed by atoms with Gasteiger partial charge in [0, 0.05) is 0 Å². The van der Waals surface area contributed by atoms with Crippen molar-refractivity contribution in [3.63, 3.8) is 0 Å². The van der Waals surface area contributed by atoms with Crippen molar-refractivity contribution in [2.24, 2.45) is 0 Å². The van der Waals surface area contributed by atoms with Crippen LogP contribution in [0.3, 0.4) is 0 Å². The van der Waals surface area contributed by atoms with Crippen molar-refractivity contribution in [3.05, 3.63) is 45.8 Å². The highest BCUT2D eigenvalue weighted by atomic mass is 16.5. The Balaban J connectivity index is 1.87. The summed E-state index contributed by atoms with van der Waals surface area (Å²) < 4.78 is 10.4. The van der Waals surface area contributed by atoms with Gasteiger partial charge in [-0.3, -0.25) is 0 Å². The molecule has 0 fully saturated rings. The lowest BCUT2D eigenvalue weighted by molar-refractivity contribution is 0.0589. The van der Waals surface area contributed by atoms with Crippen molar-refractivity contribution in [3.8, 4) is 11.4 Å². The van der Waals surface area contributed by atoms with Gasteiger partial charge in [0.2, 0.25) is 0 Å². The normalized spacial score (nSPS) is 17.9. The van der Waals surface area contributed by atoms with Gasteiger partial charge in [-0.2, -0.15) is 0 Å². The van der Waals surface area contributed by atoms with E-state index in [9.17, 15) is 9.59 Å². The smallest absolute Gasteiger partial charge is 0.339 e. The highest BCUT2D eigenvalue weighted by Crippen LogP contribution is 2.32. The Kier molecular flexibility index (Phi) is 12.0. The molecular weight excluding hydrogens is 500 g/mol. The van der Waals surface area contributed by atoms with Crippen LogP contribution < -0.4 is 0 Å². The van der Waals surface area contributed by atoms with E-state index in [4.69, 9.17) is 19.4 Å². The Hall–Kier alpha value is -2.76. The highest BCUT2D eigenvalue weighted by molar-refractivity contribution is 5.92. The lowest BCUT2D eigenvalue weighted by atomic mass is 9.92. The fraction of sp³-hybridized carbons (Fsp3) is 0.647. The minimum atomic E-state index is -0.313. The summed E-state index contributed by atoms with van der Waals surface area (Å²) in [6, 6.07) is 4.07. The van der Waals surface area contributed by atoms with Crippen LogP contribution in [0, 0.1) is 0 Å². The predicted octanol–water partition coefficient (Wildman–Crippen LogP) is 8.16. The summed E-state index contributed by atoms with van der Waals surface area (Å²) in [6.45, 7) is 0. The molecule has 6 nitrogen and oxygen atoms in total. The van der Waals surface area contributed by atoms with Gasteiger partial charge in [-0.05, 0) is 74.6 Å². The molecular formula is C34H48N2O4. The van der Waals surface area contributed by atoms with Crippen LogP contribution in [0.15, 0.2) is 12.1 Å². The van der Waals surface area contributed by atoms with Gasteiger partial charge in [0.15, 0.2) is 0 Å². The lowest BCUT2D eigenvalue weighted by Crippen LogP contribution is -2.14. The molecule has 2 aliphatic carbocycles. The maximum absolute atomic E-state index is 12.9. The maximum atomic E-state index is 12.9. The van der Waals surface area contributed by atoms with Crippen LogP contribution in [0.5, 0.6) is 0 Å². The van der Waals surface area contributed by atoms with Crippen molar-refractivity contribution in [1.29, 1.82) is 0 Å². The van der Waals surface area contributed by atoms with Crippen LogP contribution in [-0.2, 0) is 35.2 Å². The summed E-state index contributed by atoms with van der Waals surface area (Å²) >= 11 is 0. The second kappa shape index (κ2) is 15.9. The summed E-state index contributed by atoms with van der Waals surface area (Å²) in [5.74, 6) is -0.626. The first kappa shape index (κ1) is 30.2. The molecule has 2 aromatic rings. The molecule has 218 valence electrons. The van der Waals surface area contributed by atoms with Crippen molar-refractivity contribution >= 4 is 11.9 Å². The third-order valence-electron chi connectivity index (χ3n) is 8.62. The molecule has 2 aromatic heterocycles. The van der Waals surface area contributed by atoms with Crippen molar-refractivity contribution in [2.45, 2.75) is 128 Å². The Labute approximate surface area is 240 Å². The molecule has 40 heavy (non-hydrogen) atoms. The molecule has 0 amide bonds. The lowest BCUT2D eigenvalue weighted by Gasteiger charge is -2.19. The predicted molar refractivity (Wildman–Crippen MR) is 159 cm³/mol. The quantitative estimate of drug-likeness (QED) is 0.360. The average Bonchev–Trinajstić information content (AvgIpc) is 2.98. The number of methoxy groups -OCH3 is 2. The first-order chi connectivity index (χ1) is 19.6. The summed E-state index contributed by atoms with van der Waals surface area (Å²) in [5.41, 5.74) is 6.70. The number of rotatable bonds is 3. The van der Waals surface area contributed by atoms with E-state index < -0.39 is 0 Å². The van der Waals surface area contributed by atoms with E-state index >= 15 is 0 Å². The fourth-order valence-electron chi connectivity index (χ4n) is 6.27. The Morgan fingerprint density at radius 3 is 1.12 bits per heavy atom. The molecule has 0 saturated carbocycles. The molecule has 0 spiro atoms. The van der Waals surface area contributed by atoms with E-state index in [2.05, 4.69) is 0 Å². The average molecular weight is 549 g/mol. The topological polar surface area (TPSA) is 78.4 Å². The summed E-state index contributed by atoms with van der Waals surface area (Å²) in [4.78, 5) is 36.2. The van der Waals surface area contributed by atoms with E-state index in [1.165, 1.54) is 78.4 Å². The Bertz CT molecular complexity index is 1050. The van der Waals surface area contributed by atoms with E-state index in [-0.39, 0.29) is 11.9 Å². The van der Waals surface area contributed by atoms with Gasteiger partial charge >= 0.3 is 11.9 Å². The minimum Gasteiger partial charge on any atom is -0.465 e. The van der Waals surface area contributed by atoms with Gasteiger partial charge in [-0.25, -0.2) is 19.6 Å². The molecule has 0 saturated heterocycles. The summed E-state index contributed by atoms with van der Waals surface area (Å²) in [7, 11) is 2.90. The van der Waals surface area contributed by atoms with Gasteiger partial charge in [0.25, 0.3) is 0 Å². The zero-order valence-corrected chi connectivity index (χ0v) is 24.8. The van der Waals surface area contributed by atoms with Gasteiger partial charge in [0.1, 0.15) is 0 Å². The largest absolute Gasteiger partial charge is 0.465 e. The molecule has 4 heterocycles. The van der Waals surface area contributed by atoms with Crippen molar-refractivity contribution < 1.29 is 19.1 Å². The number of pyridine rings is 2. The van der Waals surface area contributed by atoms with Gasteiger partial charge < -0.3 is 9.47 Å². The molecule has 4 aliphatic rings. The number of carbonyl (C=O) groups excluding carboxylic acids is 2. The molecule has 0 atom stereocenters. The van der Waals surface area contributed by atoms with Crippen molar-refractivity contribution in [2.75, 3.05) is 14.2 Å². The number of aryl methyl sites for hydroxylation is 4. The third kappa shape index (κ3) is 8.14. The van der Waals surface area contributed by atoms with Crippen LogP contribution in [0.4, 0.5) is 0 Å². The number of hydrogen-bond donors (Lipinski definition) is 0. The number of fused-ring (bicyclic) bond motifs is 23. The molecule has 0 unspecified atom stereocenters. The van der Waals surface area contributed by atoms with Gasteiger partial charge in [0.05, 0.1) is 48.1 Å². The zero-order valence-electron chi connectivity index (χ0n) is 24.8. The van der Waals surface area contributed by atoms with Crippen LogP contribution in [0.25, 0.3) is 11.4 Å². The van der Waals surface area contributed by atoms with Crippen LogP contribution in [0.2, 0.25) is 0 Å².